The summed E-state index contributed by atoms with van der Waals surface area (Å²) >= 11 is 0. The molecule has 3 unspecified atom stereocenters. The lowest BCUT2D eigenvalue weighted by molar-refractivity contribution is 0.228. The highest BCUT2D eigenvalue weighted by molar-refractivity contribution is 4.97. The van der Waals surface area contributed by atoms with Gasteiger partial charge in [-0.3, -0.25) is 0 Å². The van der Waals surface area contributed by atoms with Gasteiger partial charge in [-0.25, -0.2) is 0 Å². The molecule has 0 heteroatoms. The summed E-state index contributed by atoms with van der Waals surface area (Å²) in [5.41, 5.74) is 0.819. The molecule has 2 fully saturated rings. The van der Waals surface area contributed by atoms with Crippen molar-refractivity contribution < 1.29 is 0 Å². The molecular weight excluding hydrogens is 132 g/mol. The molecular formula is C11H20. The standard InChI is InChI=1S/C11H20/c1-3-11-6-4-5-10(11)7-9(2)8-11/h9-10H,3-8H2,1-2H3. The number of hydrogen-bond donors (Lipinski definition) is 0. The zero-order valence-electron chi connectivity index (χ0n) is 7.90. The van der Waals surface area contributed by atoms with Crippen LogP contribution in [0.1, 0.15) is 52.4 Å². The van der Waals surface area contributed by atoms with E-state index in [4.69, 9.17) is 0 Å². The molecule has 2 rings (SSSR count). The smallest absolute Gasteiger partial charge is 0.0269 e. The van der Waals surface area contributed by atoms with Gasteiger partial charge in [0.2, 0.25) is 0 Å². The molecule has 0 aromatic carbocycles. The van der Waals surface area contributed by atoms with Crippen molar-refractivity contribution in [2.24, 2.45) is 17.3 Å². The maximum atomic E-state index is 2.44. The Morgan fingerprint density at radius 1 is 1.45 bits per heavy atom. The quantitative estimate of drug-likeness (QED) is 0.538. The van der Waals surface area contributed by atoms with Crippen LogP contribution in [0, 0.1) is 17.3 Å². The minimum atomic E-state index is 0.819. The third-order valence-electron chi connectivity index (χ3n) is 4.24. The maximum Gasteiger partial charge on any atom is -0.0269 e. The second kappa shape index (κ2) is 2.50. The van der Waals surface area contributed by atoms with Crippen LogP contribution in [0.4, 0.5) is 0 Å². The van der Waals surface area contributed by atoms with Gasteiger partial charge in [-0.1, -0.05) is 26.7 Å². The van der Waals surface area contributed by atoms with Crippen LogP contribution in [0.15, 0.2) is 0 Å². The van der Waals surface area contributed by atoms with E-state index in [1.807, 2.05) is 0 Å². The van der Waals surface area contributed by atoms with E-state index in [0.717, 1.165) is 17.3 Å². The average Bonchev–Trinajstić information content (AvgIpc) is 2.43. The zero-order valence-corrected chi connectivity index (χ0v) is 7.90. The van der Waals surface area contributed by atoms with Gasteiger partial charge in [0.15, 0.2) is 0 Å². The van der Waals surface area contributed by atoms with E-state index in [0.29, 0.717) is 0 Å². The summed E-state index contributed by atoms with van der Waals surface area (Å²) in [5.74, 6) is 2.14. The molecule has 2 aliphatic carbocycles. The fourth-order valence-corrected chi connectivity index (χ4v) is 3.72. The number of hydrogen-bond acceptors (Lipinski definition) is 0. The molecule has 64 valence electrons. The minimum Gasteiger partial charge on any atom is -0.0648 e. The lowest BCUT2D eigenvalue weighted by Gasteiger charge is -2.27. The van der Waals surface area contributed by atoms with E-state index >= 15 is 0 Å². The molecule has 11 heavy (non-hydrogen) atoms. The first kappa shape index (κ1) is 7.64. The lowest BCUT2D eigenvalue weighted by Crippen LogP contribution is -2.18. The fraction of sp³-hybridized carbons (Fsp3) is 1.00. The molecule has 0 aromatic heterocycles. The van der Waals surface area contributed by atoms with Crippen LogP contribution in [0.25, 0.3) is 0 Å². The van der Waals surface area contributed by atoms with Gasteiger partial charge in [0, 0.05) is 0 Å². The first-order chi connectivity index (χ1) is 5.27. The Kier molecular flexibility index (Phi) is 1.74. The predicted molar refractivity (Wildman–Crippen MR) is 48.5 cm³/mol. The topological polar surface area (TPSA) is 0 Å². The molecule has 0 spiro atoms. The zero-order chi connectivity index (χ0) is 7.90. The molecule has 0 aromatic rings. The maximum absolute atomic E-state index is 2.44. The van der Waals surface area contributed by atoms with E-state index < -0.39 is 0 Å². The molecule has 3 atom stereocenters. The van der Waals surface area contributed by atoms with Crippen LogP contribution in [-0.4, -0.2) is 0 Å². The van der Waals surface area contributed by atoms with E-state index in [2.05, 4.69) is 13.8 Å². The third-order valence-corrected chi connectivity index (χ3v) is 4.24. The molecule has 0 bridgehead atoms. The molecule has 0 heterocycles. The van der Waals surface area contributed by atoms with Crippen molar-refractivity contribution in [1.29, 1.82) is 0 Å². The van der Waals surface area contributed by atoms with E-state index in [9.17, 15) is 0 Å². The Labute approximate surface area is 70.4 Å². The van der Waals surface area contributed by atoms with Gasteiger partial charge in [-0.05, 0) is 42.9 Å². The van der Waals surface area contributed by atoms with Crippen LogP contribution in [0.5, 0.6) is 0 Å². The van der Waals surface area contributed by atoms with Crippen molar-refractivity contribution in [2.45, 2.75) is 52.4 Å². The highest BCUT2D eigenvalue weighted by Crippen LogP contribution is 2.57. The Morgan fingerprint density at radius 2 is 2.27 bits per heavy atom. The van der Waals surface area contributed by atoms with Gasteiger partial charge in [0.1, 0.15) is 0 Å². The van der Waals surface area contributed by atoms with Gasteiger partial charge in [0.05, 0.1) is 0 Å². The van der Waals surface area contributed by atoms with E-state index in [1.54, 1.807) is 6.42 Å². The summed E-state index contributed by atoms with van der Waals surface area (Å²) in [6.45, 7) is 4.84. The highest BCUT2D eigenvalue weighted by atomic mass is 14.5. The molecule has 2 saturated carbocycles. The van der Waals surface area contributed by atoms with Crippen LogP contribution in [-0.2, 0) is 0 Å². The van der Waals surface area contributed by atoms with E-state index in [-0.39, 0.29) is 0 Å². The van der Waals surface area contributed by atoms with Crippen LogP contribution >= 0.6 is 0 Å². The summed E-state index contributed by atoms with van der Waals surface area (Å²) in [5, 5.41) is 0. The predicted octanol–water partition coefficient (Wildman–Crippen LogP) is 3.61. The van der Waals surface area contributed by atoms with Crippen molar-refractivity contribution >= 4 is 0 Å². The van der Waals surface area contributed by atoms with Crippen LogP contribution in [0.3, 0.4) is 0 Å². The van der Waals surface area contributed by atoms with Crippen LogP contribution in [0.2, 0.25) is 0 Å². The highest BCUT2D eigenvalue weighted by Gasteiger charge is 2.46. The van der Waals surface area contributed by atoms with Crippen molar-refractivity contribution in [1.82, 2.24) is 0 Å². The van der Waals surface area contributed by atoms with Crippen molar-refractivity contribution in [2.75, 3.05) is 0 Å². The Bertz CT molecular complexity index is 150. The van der Waals surface area contributed by atoms with Gasteiger partial charge in [-0.2, -0.15) is 0 Å². The van der Waals surface area contributed by atoms with Gasteiger partial charge in [0.25, 0.3) is 0 Å². The SMILES string of the molecule is CCC12CCCC1CC(C)C2. The molecule has 0 aliphatic heterocycles. The summed E-state index contributed by atoms with van der Waals surface area (Å²) in [7, 11) is 0. The molecule has 0 amide bonds. The van der Waals surface area contributed by atoms with E-state index in [1.165, 1.54) is 32.1 Å². The first-order valence-electron chi connectivity index (χ1n) is 5.27. The fourth-order valence-electron chi connectivity index (χ4n) is 3.72. The van der Waals surface area contributed by atoms with Gasteiger partial charge >= 0.3 is 0 Å². The van der Waals surface area contributed by atoms with Gasteiger partial charge in [-0.15, -0.1) is 0 Å². The van der Waals surface area contributed by atoms with Crippen molar-refractivity contribution in [3.63, 3.8) is 0 Å². The largest absolute Gasteiger partial charge is 0.0648 e. The third kappa shape index (κ3) is 1.02. The molecule has 2 aliphatic rings. The average molecular weight is 152 g/mol. The molecule has 0 radical (unpaired) electrons. The second-order valence-corrected chi connectivity index (χ2v) is 4.85. The second-order valence-electron chi connectivity index (χ2n) is 4.85. The van der Waals surface area contributed by atoms with Gasteiger partial charge < -0.3 is 0 Å². The summed E-state index contributed by atoms with van der Waals surface area (Å²) in [6, 6.07) is 0. The van der Waals surface area contributed by atoms with Crippen molar-refractivity contribution in [3.05, 3.63) is 0 Å². The Morgan fingerprint density at radius 3 is 2.91 bits per heavy atom. The minimum absolute atomic E-state index is 0.819. The molecule has 0 nitrogen and oxygen atoms in total. The van der Waals surface area contributed by atoms with Crippen LogP contribution < -0.4 is 0 Å². The summed E-state index contributed by atoms with van der Waals surface area (Å²) in [6.07, 6.45) is 9.12. The first-order valence-corrected chi connectivity index (χ1v) is 5.27. The Hall–Kier alpha value is 0. The summed E-state index contributed by atoms with van der Waals surface area (Å²) in [4.78, 5) is 0. The number of rotatable bonds is 1. The monoisotopic (exact) mass is 152 g/mol. The molecule has 0 N–H and O–H groups in total. The number of fused-ring (bicyclic) bond motifs is 1. The Balaban J connectivity index is 2.15. The van der Waals surface area contributed by atoms with Crippen molar-refractivity contribution in [3.8, 4) is 0 Å². The molecule has 0 saturated heterocycles. The normalized spacial score (nSPS) is 49.6. The lowest BCUT2D eigenvalue weighted by atomic mass is 9.78. The summed E-state index contributed by atoms with van der Waals surface area (Å²) < 4.78 is 0.